The molecule has 9 heteroatoms. The molecule has 1 aliphatic heterocycles. The Morgan fingerprint density at radius 3 is 2.53 bits per heavy atom. The molecular formula is C21H33N3O4S2. The van der Waals surface area contributed by atoms with Crippen molar-refractivity contribution in [1.29, 1.82) is 0 Å². The number of nitrogens with two attached hydrogens (primary N) is 1. The summed E-state index contributed by atoms with van der Waals surface area (Å²) in [4.78, 5) is 37.6. The number of imide groups is 1. The van der Waals surface area contributed by atoms with E-state index in [-0.39, 0.29) is 41.9 Å². The number of carbonyl (C=O) groups excluding carboxylic acids is 3. The number of hydrogen-bond donors (Lipinski definition) is 2. The van der Waals surface area contributed by atoms with Gasteiger partial charge in [-0.2, -0.15) is 0 Å². The van der Waals surface area contributed by atoms with Gasteiger partial charge in [-0.1, -0.05) is 21.6 Å². The number of esters is 1. The van der Waals surface area contributed by atoms with Crippen LogP contribution >= 0.6 is 21.6 Å². The minimum atomic E-state index is -0.272. The Balaban J connectivity index is 1.58. The quantitative estimate of drug-likeness (QED) is 0.326. The van der Waals surface area contributed by atoms with Crippen LogP contribution in [0.5, 0.6) is 0 Å². The fraction of sp³-hybridized carbons (Fsp3) is 0.762. The van der Waals surface area contributed by atoms with Crippen molar-refractivity contribution < 1.29 is 19.1 Å². The molecule has 3 N–H and O–H groups in total. The lowest BCUT2D eigenvalue weighted by atomic mass is 9.86. The molecule has 0 aromatic carbocycles. The van der Waals surface area contributed by atoms with E-state index in [0.717, 1.165) is 44.9 Å². The highest BCUT2D eigenvalue weighted by Crippen LogP contribution is 2.36. The predicted octanol–water partition coefficient (Wildman–Crippen LogP) is 2.25. The molecule has 3 rings (SSSR count). The third-order valence-electron chi connectivity index (χ3n) is 6.09. The lowest BCUT2D eigenvalue weighted by Crippen LogP contribution is -2.45. The molecule has 0 bridgehead atoms. The second-order valence-electron chi connectivity index (χ2n) is 8.44. The molecule has 0 saturated heterocycles. The average Bonchev–Trinajstić information content (AvgIpc) is 3.30. The molecule has 0 aromatic rings. The summed E-state index contributed by atoms with van der Waals surface area (Å²) in [7, 11) is 3.52. The Bertz CT molecular complexity index is 636. The van der Waals surface area contributed by atoms with Crippen molar-refractivity contribution in [1.82, 2.24) is 10.2 Å². The maximum absolute atomic E-state index is 13.0. The molecule has 4 atom stereocenters. The van der Waals surface area contributed by atoms with Gasteiger partial charge in [-0.15, -0.1) is 0 Å². The molecule has 2 aliphatic carbocycles. The largest absolute Gasteiger partial charge is 0.462 e. The Morgan fingerprint density at radius 1 is 1.17 bits per heavy atom. The Kier molecular flexibility index (Phi) is 9.10. The zero-order valence-corrected chi connectivity index (χ0v) is 19.2. The van der Waals surface area contributed by atoms with Crippen molar-refractivity contribution in [3.05, 3.63) is 12.2 Å². The minimum absolute atomic E-state index is 0.0515. The summed E-state index contributed by atoms with van der Waals surface area (Å²) < 4.78 is 5.84. The van der Waals surface area contributed by atoms with Crippen LogP contribution in [0.1, 0.15) is 51.4 Å². The van der Waals surface area contributed by atoms with Crippen molar-refractivity contribution in [2.75, 3.05) is 19.3 Å². The summed E-state index contributed by atoms with van der Waals surface area (Å²) in [6.07, 6.45) is 12.0. The van der Waals surface area contributed by atoms with Crippen molar-refractivity contribution in [2.24, 2.45) is 11.7 Å². The first-order valence-corrected chi connectivity index (χ1v) is 13.5. The van der Waals surface area contributed by atoms with Gasteiger partial charge in [0.15, 0.2) is 0 Å². The third-order valence-corrected chi connectivity index (χ3v) is 8.33. The molecular weight excluding hydrogens is 422 g/mol. The van der Waals surface area contributed by atoms with Gasteiger partial charge in [0.2, 0.25) is 0 Å². The van der Waals surface area contributed by atoms with E-state index in [0.29, 0.717) is 24.8 Å². The fourth-order valence-corrected chi connectivity index (χ4v) is 6.82. The van der Waals surface area contributed by atoms with E-state index in [1.54, 1.807) is 21.6 Å². The molecule has 4 unspecified atom stereocenters. The van der Waals surface area contributed by atoms with Gasteiger partial charge in [-0.3, -0.25) is 19.3 Å². The number of ether oxygens (including phenoxy) is 1. The first-order valence-electron chi connectivity index (χ1n) is 10.9. The van der Waals surface area contributed by atoms with Crippen molar-refractivity contribution in [3.8, 4) is 0 Å². The van der Waals surface area contributed by atoms with Crippen LogP contribution in [-0.4, -0.2) is 65.5 Å². The highest BCUT2D eigenvalue weighted by molar-refractivity contribution is 8.76. The van der Waals surface area contributed by atoms with Gasteiger partial charge in [0.05, 0.1) is 5.92 Å². The van der Waals surface area contributed by atoms with Crippen LogP contribution in [0.4, 0.5) is 0 Å². The molecule has 30 heavy (non-hydrogen) atoms. The maximum Gasteiger partial charge on any atom is 0.309 e. The van der Waals surface area contributed by atoms with Gasteiger partial charge in [0.25, 0.3) is 11.8 Å². The first kappa shape index (κ1) is 23.6. The summed E-state index contributed by atoms with van der Waals surface area (Å²) in [5, 5.41) is 3.78. The molecule has 1 heterocycles. The number of amides is 2. The number of carbonyl (C=O) groups is 3. The Hall–Kier alpha value is -1.03. The second kappa shape index (κ2) is 11.5. The number of hydrogen-bond acceptors (Lipinski definition) is 8. The van der Waals surface area contributed by atoms with E-state index >= 15 is 0 Å². The molecule has 7 nitrogen and oxygen atoms in total. The Morgan fingerprint density at radius 2 is 1.87 bits per heavy atom. The lowest BCUT2D eigenvalue weighted by molar-refractivity contribution is -0.154. The van der Waals surface area contributed by atoms with E-state index in [4.69, 9.17) is 10.5 Å². The molecule has 2 amide bonds. The monoisotopic (exact) mass is 455 g/mol. The normalized spacial score (nSPS) is 30.5. The molecule has 0 aromatic heterocycles. The van der Waals surface area contributed by atoms with E-state index in [9.17, 15) is 14.4 Å². The van der Waals surface area contributed by atoms with Crippen molar-refractivity contribution in [3.63, 3.8) is 0 Å². The summed E-state index contributed by atoms with van der Waals surface area (Å²) in [6, 6.07) is 0.109. The molecule has 0 radical (unpaired) electrons. The highest BCUT2D eigenvalue weighted by Gasteiger charge is 2.34. The molecule has 3 aliphatic rings. The SMILES string of the molecule is CSSC1CC(N)CC(NCCN2C(=O)C=CC2=O)CC(C(=O)OC2CCCC2)C1. The van der Waals surface area contributed by atoms with Crippen molar-refractivity contribution in [2.45, 2.75) is 74.8 Å². The van der Waals surface area contributed by atoms with Crippen LogP contribution < -0.4 is 11.1 Å². The van der Waals surface area contributed by atoms with Crippen LogP contribution in [-0.2, 0) is 19.1 Å². The predicted molar refractivity (Wildman–Crippen MR) is 121 cm³/mol. The fourth-order valence-electron chi connectivity index (χ4n) is 4.62. The zero-order chi connectivity index (χ0) is 21.5. The number of nitrogens with zero attached hydrogens (tertiary/aromatic N) is 1. The van der Waals surface area contributed by atoms with E-state index in [1.807, 2.05) is 0 Å². The number of rotatable bonds is 8. The van der Waals surface area contributed by atoms with Crippen LogP contribution in [0, 0.1) is 5.92 Å². The van der Waals surface area contributed by atoms with Crippen LogP contribution in [0.2, 0.25) is 0 Å². The maximum atomic E-state index is 13.0. The standard InChI is InChI=1S/C21H33N3O4S2/c1-29-30-18-11-14(21(27)28-17-4-2-3-5-17)10-16(12-15(22)13-18)23-8-9-24-19(25)6-7-20(24)26/h6-7,14-18,23H,2-5,8-13,22H2,1H3. The van der Waals surface area contributed by atoms with Gasteiger partial charge in [-0.25, -0.2) is 0 Å². The van der Waals surface area contributed by atoms with Gasteiger partial charge < -0.3 is 15.8 Å². The van der Waals surface area contributed by atoms with Crippen molar-refractivity contribution >= 4 is 39.4 Å². The van der Waals surface area contributed by atoms with Gasteiger partial charge >= 0.3 is 5.97 Å². The molecule has 168 valence electrons. The van der Waals surface area contributed by atoms with Crippen LogP contribution in [0.25, 0.3) is 0 Å². The summed E-state index contributed by atoms with van der Waals surface area (Å²) in [5.74, 6) is -0.779. The number of nitrogens with one attached hydrogen (secondary N) is 1. The van der Waals surface area contributed by atoms with E-state index in [2.05, 4.69) is 11.6 Å². The topological polar surface area (TPSA) is 102 Å². The first-order chi connectivity index (χ1) is 14.5. The smallest absolute Gasteiger partial charge is 0.309 e. The molecule has 0 spiro atoms. The third kappa shape index (κ3) is 6.73. The van der Waals surface area contributed by atoms with Crippen LogP contribution in [0.15, 0.2) is 12.2 Å². The zero-order valence-electron chi connectivity index (χ0n) is 17.6. The highest BCUT2D eigenvalue weighted by atomic mass is 33.1. The summed E-state index contributed by atoms with van der Waals surface area (Å²) >= 11 is 0. The van der Waals surface area contributed by atoms with E-state index < -0.39 is 0 Å². The van der Waals surface area contributed by atoms with E-state index in [1.165, 1.54) is 17.1 Å². The average molecular weight is 456 g/mol. The second-order valence-corrected chi connectivity index (χ2v) is 11.2. The summed E-state index contributed by atoms with van der Waals surface area (Å²) in [5.41, 5.74) is 6.40. The lowest BCUT2D eigenvalue weighted by Gasteiger charge is -2.33. The minimum Gasteiger partial charge on any atom is -0.462 e. The van der Waals surface area contributed by atoms with Gasteiger partial charge in [0.1, 0.15) is 6.10 Å². The summed E-state index contributed by atoms with van der Waals surface area (Å²) in [6.45, 7) is 0.808. The van der Waals surface area contributed by atoms with Gasteiger partial charge in [-0.05, 0) is 57.6 Å². The van der Waals surface area contributed by atoms with Crippen LogP contribution in [0.3, 0.4) is 0 Å². The molecule has 2 saturated carbocycles. The Labute approximate surface area is 186 Å². The van der Waals surface area contributed by atoms with Gasteiger partial charge in [0, 0.05) is 42.6 Å². The molecule has 2 fully saturated rings.